The van der Waals surface area contributed by atoms with E-state index in [1.165, 1.54) is 0 Å². The third-order valence-electron chi connectivity index (χ3n) is 4.15. The molecule has 0 spiro atoms. The average molecular weight is 371 g/mol. The number of hydrogen-bond acceptors (Lipinski definition) is 3. The van der Waals surface area contributed by atoms with E-state index in [9.17, 15) is 9.59 Å². The van der Waals surface area contributed by atoms with E-state index in [-0.39, 0.29) is 11.9 Å². The lowest BCUT2D eigenvalue weighted by molar-refractivity contribution is 0.102. The van der Waals surface area contributed by atoms with E-state index in [0.29, 0.717) is 28.1 Å². The van der Waals surface area contributed by atoms with Crippen LogP contribution in [0.4, 0.5) is 21.9 Å². The van der Waals surface area contributed by atoms with Crippen LogP contribution in [0, 0.1) is 0 Å². The molecule has 0 saturated heterocycles. The molecule has 0 atom stereocenters. The number of carbonyl (C=O) groups is 2. The van der Waals surface area contributed by atoms with Crippen LogP contribution >= 0.6 is 0 Å². The number of H-pyrrole nitrogens is 1. The number of para-hydroxylation sites is 2. The Labute approximate surface area is 160 Å². The van der Waals surface area contributed by atoms with Crippen molar-refractivity contribution >= 4 is 39.9 Å². The van der Waals surface area contributed by atoms with Crippen molar-refractivity contribution in [2.24, 2.45) is 0 Å². The van der Waals surface area contributed by atoms with Crippen LogP contribution in [-0.2, 0) is 0 Å². The summed E-state index contributed by atoms with van der Waals surface area (Å²) in [5.41, 5.74) is 3.14. The van der Waals surface area contributed by atoms with Gasteiger partial charge in [0.2, 0.25) is 0 Å². The van der Waals surface area contributed by atoms with Crippen LogP contribution < -0.4 is 16.0 Å². The molecule has 4 rings (SSSR count). The minimum absolute atomic E-state index is 0.239. The largest absolute Gasteiger partial charge is 0.323 e. The second-order valence-electron chi connectivity index (χ2n) is 6.12. The maximum absolute atomic E-state index is 12.6. The fraction of sp³-hybridized carbons (Fsp3) is 0. The van der Waals surface area contributed by atoms with Gasteiger partial charge in [0.1, 0.15) is 0 Å². The van der Waals surface area contributed by atoms with Gasteiger partial charge in [-0.25, -0.2) is 4.79 Å². The number of nitrogens with zero attached hydrogens (tertiary/aromatic N) is 1. The van der Waals surface area contributed by atoms with Gasteiger partial charge in [-0.2, -0.15) is 5.10 Å². The molecule has 3 aromatic carbocycles. The van der Waals surface area contributed by atoms with Crippen LogP contribution in [0.1, 0.15) is 10.4 Å². The van der Waals surface area contributed by atoms with Gasteiger partial charge in [0.15, 0.2) is 0 Å². The number of nitrogens with one attached hydrogen (secondary N) is 4. The molecule has 0 saturated carbocycles. The van der Waals surface area contributed by atoms with Crippen molar-refractivity contribution in [1.29, 1.82) is 0 Å². The van der Waals surface area contributed by atoms with E-state index >= 15 is 0 Å². The Kier molecular flexibility index (Phi) is 4.71. The minimum atomic E-state index is -0.339. The van der Waals surface area contributed by atoms with Crippen molar-refractivity contribution in [1.82, 2.24) is 10.2 Å². The Balaban J connectivity index is 1.40. The lowest BCUT2D eigenvalue weighted by atomic mass is 10.1. The summed E-state index contributed by atoms with van der Waals surface area (Å²) >= 11 is 0. The number of carbonyl (C=O) groups excluding carboxylic acids is 2. The summed E-state index contributed by atoms with van der Waals surface area (Å²) in [5.74, 6) is -0.239. The quantitative estimate of drug-likeness (QED) is 0.426. The Bertz CT molecular complexity index is 1120. The molecule has 7 heteroatoms. The summed E-state index contributed by atoms with van der Waals surface area (Å²) in [6, 6.07) is 21.2. The third-order valence-corrected chi connectivity index (χ3v) is 4.15. The lowest BCUT2D eigenvalue weighted by Crippen LogP contribution is -2.19. The number of hydrogen-bond donors (Lipinski definition) is 4. The molecule has 4 N–H and O–H groups in total. The molecule has 138 valence electrons. The number of fused-ring (bicyclic) bond motifs is 1. The summed E-state index contributed by atoms with van der Waals surface area (Å²) < 4.78 is 0. The highest BCUT2D eigenvalue weighted by Gasteiger charge is 2.11. The molecule has 7 nitrogen and oxygen atoms in total. The minimum Gasteiger partial charge on any atom is -0.322 e. The van der Waals surface area contributed by atoms with Crippen LogP contribution in [0.3, 0.4) is 0 Å². The van der Waals surface area contributed by atoms with E-state index in [4.69, 9.17) is 0 Å². The monoisotopic (exact) mass is 371 g/mol. The molecule has 1 aromatic heterocycles. The van der Waals surface area contributed by atoms with Gasteiger partial charge in [-0.15, -0.1) is 0 Å². The van der Waals surface area contributed by atoms with E-state index in [1.54, 1.807) is 48.7 Å². The second kappa shape index (κ2) is 7.63. The maximum atomic E-state index is 12.6. The second-order valence-corrected chi connectivity index (χ2v) is 6.12. The lowest BCUT2D eigenvalue weighted by Gasteiger charge is -2.09. The number of anilines is 3. The van der Waals surface area contributed by atoms with Gasteiger partial charge in [-0.3, -0.25) is 9.89 Å². The first kappa shape index (κ1) is 17.3. The Morgan fingerprint density at radius 3 is 2.07 bits per heavy atom. The van der Waals surface area contributed by atoms with Crippen molar-refractivity contribution in [3.8, 4) is 0 Å². The van der Waals surface area contributed by atoms with E-state index in [2.05, 4.69) is 26.1 Å². The fourth-order valence-corrected chi connectivity index (χ4v) is 2.81. The summed E-state index contributed by atoms with van der Waals surface area (Å²) in [7, 11) is 0. The summed E-state index contributed by atoms with van der Waals surface area (Å²) in [5, 5.41) is 16.0. The molecule has 0 radical (unpaired) electrons. The molecule has 28 heavy (non-hydrogen) atoms. The predicted octanol–water partition coefficient (Wildman–Crippen LogP) is 4.46. The zero-order valence-electron chi connectivity index (χ0n) is 14.8. The van der Waals surface area contributed by atoms with Crippen molar-refractivity contribution in [3.63, 3.8) is 0 Å². The van der Waals surface area contributed by atoms with E-state index in [1.807, 2.05) is 30.3 Å². The van der Waals surface area contributed by atoms with Gasteiger partial charge in [0.25, 0.3) is 5.91 Å². The molecule has 3 amide bonds. The van der Waals surface area contributed by atoms with Crippen LogP contribution in [0.25, 0.3) is 10.9 Å². The van der Waals surface area contributed by atoms with Crippen molar-refractivity contribution in [2.75, 3.05) is 16.0 Å². The summed E-state index contributed by atoms with van der Waals surface area (Å²) in [6.45, 7) is 0. The number of aromatic nitrogens is 2. The fourth-order valence-electron chi connectivity index (χ4n) is 2.81. The number of rotatable bonds is 4. The standard InChI is InChI=1S/C21H17N5O2/c27-20(18-8-4-5-14-13-22-26-19(14)18)23-16-9-11-17(12-10-16)25-21(28)24-15-6-2-1-3-7-15/h1-13H,(H,22,26)(H,23,27)(H2,24,25,28). The normalized spacial score (nSPS) is 10.4. The number of amides is 3. The molecule has 0 aliphatic heterocycles. The van der Waals surface area contributed by atoms with Crippen LogP contribution in [-0.4, -0.2) is 22.1 Å². The Morgan fingerprint density at radius 2 is 1.36 bits per heavy atom. The van der Waals surface area contributed by atoms with Gasteiger partial charge in [0, 0.05) is 22.4 Å². The number of benzene rings is 3. The first-order chi connectivity index (χ1) is 13.7. The van der Waals surface area contributed by atoms with Crippen LogP contribution in [0.2, 0.25) is 0 Å². The molecular weight excluding hydrogens is 354 g/mol. The highest BCUT2D eigenvalue weighted by atomic mass is 16.2. The third kappa shape index (κ3) is 3.83. The molecule has 0 aliphatic carbocycles. The maximum Gasteiger partial charge on any atom is 0.323 e. The highest BCUT2D eigenvalue weighted by molar-refractivity contribution is 6.11. The number of urea groups is 1. The van der Waals surface area contributed by atoms with E-state index in [0.717, 1.165) is 5.39 Å². The van der Waals surface area contributed by atoms with Gasteiger partial charge in [-0.05, 0) is 42.5 Å². The SMILES string of the molecule is O=C(Nc1ccccc1)Nc1ccc(NC(=O)c2cccc3cn[nH]c23)cc1. The Morgan fingerprint density at radius 1 is 0.714 bits per heavy atom. The molecule has 1 heterocycles. The van der Waals surface area contributed by atoms with Gasteiger partial charge in [-0.1, -0.05) is 30.3 Å². The molecular formula is C21H17N5O2. The van der Waals surface area contributed by atoms with Crippen LogP contribution in [0.5, 0.6) is 0 Å². The van der Waals surface area contributed by atoms with Gasteiger partial charge < -0.3 is 16.0 Å². The molecule has 0 aliphatic rings. The van der Waals surface area contributed by atoms with Crippen LogP contribution in [0.15, 0.2) is 79.0 Å². The van der Waals surface area contributed by atoms with Gasteiger partial charge in [0.05, 0.1) is 17.3 Å². The zero-order valence-corrected chi connectivity index (χ0v) is 14.8. The topological polar surface area (TPSA) is 98.9 Å². The summed E-state index contributed by atoms with van der Waals surface area (Å²) in [4.78, 5) is 24.6. The molecule has 4 aromatic rings. The highest BCUT2D eigenvalue weighted by Crippen LogP contribution is 2.19. The average Bonchev–Trinajstić information content (AvgIpc) is 3.19. The zero-order chi connectivity index (χ0) is 19.3. The first-order valence-corrected chi connectivity index (χ1v) is 8.65. The van der Waals surface area contributed by atoms with Crippen molar-refractivity contribution in [3.05, 3.63) is 84.6 Å². The number of aromatic amines is 1. The summed E-state index contributed by atoms with van der Waals surface area (Å²) in [6.07, 6.45) is 1.67. The Hall–Kier alpha value is -4.13. The van der Waals surface area contributed by atoms with Crippen molar-refractivity contribution in [2.45, 2.75) is 0 Å². The first-order valence-electron chi connectivity index (χ1n) is 8.65. The molecule has 0 fully saturated rings. The molecule has 0 bridgehead atoms. The predicted molar refractivity (Wildman–Crippen MR) is 110 cm³/mol. The van der Waals surface area contributed by atoms with E-state index < -0.39 is 0 Å². The van der Waals surface area contributed by atoms with Crippen molar-refractivity contribution < 1.29 is 9.59 Å². The van der Waals surface area contributed by atoms with Gasteiger partial charge >= 0.3 is 6.03 Å². The molecule has 0 unspecified atom stereocenters. The smallest absolute Gasteiger partial charge is 0.322 e.